The van der Waals surface area contributed by atoms with Crippen LogP contribution in [-0.4, -0.2) is 21.4 Å². The first kappa shape index (κ1) is 18.5. The molecule has 0 aromatic heterocycles. The van der Waals surface area contributed by atoms with Crippen LogP contribution >= 0.6 is 0 Å². The maximum atomic E-state index is 13.0. The first-order valence-corrected chi connectivity index (χ1v) is 10.1. The second kappa shape index (κ2) is 7.55. The van der Waals surface area contributed by atoms with Crippen LogP contribution in [0.2, 0.25) is 0 Å². The van der Waals surface area contributed by atoms with E-state index in [-0.39, 0.29) is 29.3 Å². The standard InChI is InChI=1S/C19H21FN2O3S/c1-21-26(24,25)12-14-4-2-13(3-5-14)11-22-19(23)18-10-17(18)15-6-8-16(20)9-7-15/h2-9,17-18,21H,10-12H2,1H3,(H,22,23). The van der Waals surface area contributed by atoms with Crippen LogP contribution in [0, 0.1) is 11.7 Å². The fourth-order valence-corrected chi connectivity index (χ4v) is 3.70. The second-order valence-corrected chi connectivity index (χ2v) is 8.42. The Morgan fingerprint density at radius 3 is 2.31 bits per heavy atom. The number of sulfonamides is 1. The van der Waals surface area contributed by atoms with Gasteiger partial charge >= 0.3 is 0 Å². The number of hydrogen-bond acceptors (Lipinski definition) is 3. The molecule has 26 heavy (non-hydrogen) atoms. The number of hydrogen-bond donors (Lipinski definition) is 2. The highest BCUT2D eigenvalue weighted by atomic mass is 32.2. The zero-order valence-electron chi connectivity index (χ0n) is 14.4. The molecule has 2 aromatic carbocycles. The number of carbonyl (C=O) groups excluding carboxylic acids is 1. The van der Waals surface area contributed by atoms with Gasteiger partial charge in [-0.3, -0.25) is 4.79 Å². The van der Waals surface area contributed by atoms with Gasteiger partial charge in [0.1, 0.15) is 5.82 Å². The van der Waals surface area contributed by atoms with Gasteiger partial charge in [0, 0.05) is 12.5 Å². The first-order chi connectivity index (χ1) is 12.4. The topological polar surface area (TPSA) is 75.3 Å². The minimum absolute atomic E-state index is 0.0128. The summed E-state index contributed by atoms with van der Waals surface area (Å²) in [7, 11) is -1.91. The van der Waals surface area contributed by atoms with Crippen LogP contribution < -0.4 is 10.0 Å². The van der Waals surface area contributed by atoms with E-state index in [2.05, 4.69) is 10.0 Å². The Balaban J connectivity index is 1.50. The lowest BCUT2D eigenvalue weighted by Crippen LogP contribution is -2.25. The highest BCUT2D eigenvalue weighted by molar-refractivity contribution is 7.88. The van der Waals surface area contributed by atoms with Gasteiger partial charge in [0.25, 0.3) is 0 Å². The minimum atomic E-state index is -3.29. The quantitative estimate of drug-likeness (QED) is 0.779. The molecule has 5 nitrogen and oxygen atoms in total. The van der Waals surface area contributed by atoms with Gasteiger partial charge in [-0.2, -0.15) is 0 Å². The molecule has 2 N–H and O–H groups in total. The van der Waals surface area contributed by atoms with Gasteiger partial charge in [-0.25, -0.2) is 17.5 Å². The second-order valence-electron chi connectivity index (χ2n) is 6.50. The van der Waals surface area contributed by atoms with E-state index in [4.69, 9.17) is 0 Å². The molecule has 1 aliphatic rings. The van der Waals surface area contributed by atoms with Crippen molar-refractivity contribution in [1.29, 1.82) is 0 Å². The summed E-state index contributed by atoms with van der Waals surface area (Å²) in [5.74, 6) is -0.273. The Bertz CT molecular complexity index is 880. The predicted molar refractivity (Wildman–Crippen MR) is 97.2 cm³/mol. The number of benzene rings is 2. The van der Waals surface area contributed by atoms with Crippen molar-refractivity contribution < 1.29 is 17.6 Å². The summed E-state index contributed by atoms with van der Waals surface area (Å²) < 4.78 is 38.3. The molecule has 0 spiro atoms. The smallest absolute Gasteiger partial charge is 0.224 e. The molecule has 7 heteroatoms. The van der Waals surface area contributed by atoms with Crippen molar-refractivity contribution in [3.05, 3.63) is 71.0 Å². The maximum absolute atomic E-state index is 13.0. The molecule has 1 amide bonds. The van der Waals surface area contributed by atoms with Crippen LogP contribution in [0.5, 0.6) is 0 Å². The van der Waals surface area contributed by atoms with Crippen molar-refractivity contribution >= 4 is 15.9 Å². The summed E-state index contributed by atoms with van der Waals surface area (Å²) in [5.41, 5.74) is 2.58. The number of halogens is 1. The molecule has 138 valence electrons. The van der Waals surface area contributed by atoms with Gasteiger partial charge in [0.15, 0.2) is 0 Å². The molecule has 3 rings (SSSR count). The van der Waals surface area contributed by atoms with E-state index in [1.807, 2.05) is 12.1 Å². The summed E-state index contributed by atoms with van der Waals surface area (Å²) in [4.78, 5) is 12.2. The van der Waals surface area contributed by atoms with E-state index < -0.39 is 10.0 Å². The normalized spacial score (nSPS) is 19.2. The van der Waals surface area contributed by atoms with Crippen molar-refractivity contribution in [3.8, 4) is 0 Å². The molecule has 1 aliphatic carbocycles. The van der Waals surface area contributed by atoms with E-state index in [0.717, 1.165) is 17.5 Å². The van der Waals surface area contributed by atoms with Crippen LogP contribution in [0.25, 0.3) is 0 Å². The molecular formula is C19H21FN2O3S. The summed E-state index contributed by atoms with van der Waals surface area (Å²) in [5, 5.41) is 2.91. The van der Waals surface area contributed by atoms with E-state index in [9.17, 15) is 17.6 Å². The number of carbonyl (C=O) groups is 1. The molecule has 0 aliphatic heterocycles. The molecule has 0 radical (unpaired) electrons. The molecular weight excluding hydrogens is 355 g/mol. The van der Waals surface area contributed by atoms with Gasteiger partial charge in [-0.15, -0.1) is 0 Å². The Kier molecular flexibility index (Phi) is 5.38. The first-order valence-electron chi connectivity index (χ1n) is 8.40. The molecule has 1 saturated carbocycles. The summed E-state index contributed by atoms with van der Waals surface area (Å²) >= 11 is 0. The third-order valence-corrected chi connectivity index (χ3v) is 5.92. The van der Waals surface area contributed by atoms with Crippen molar-refractivity contribution in [1.82, 2.24) is 10.0 Å². The van der Waals surface area contributed by atoms with Crippen LogP contribution in [0.1, 0.15) is 29.0 Å². The summed E-state index contributed by atoms with van der Waals surface area (Å²) in [6.07, 6.45) is 0.776. The Morgan fingerprint density at radius 2 is 1.69 bits per heavy atom. The SMILES string of the molecule is CNS(=O)(=O)Cc1ccc(CNC(=O)C2CC2c2ccc(F)cc2)cc1. The lowest BCUT2D eigenvalue weighted by molar-refractivity contribution is -0.122. The van der Waals surface area contributed by atoms with E-state index in [0.29, 0.717) is 12.1 Å². The lowest BCUT2D eigenvalue weighted by atomic mass is 10.1. The average Bonchev–Trinajstić information content (AvgIpc) is 3.42. The van der Waals surface area contributed by atoms with Crippen LogP contribution in [-0.2, 0) is 27.1 Å². The molecule has 2 unspecified atom stereocenters. The van der Waals surface area contributed by atoms with Crippen molar-refractivity contribution in [2.24, 2.45) is 5.92 Å². The van der Waals surface area contributed by atoms with Gasteiger partial charge in [0.2, 0.25) is 15.9 Å². The van der Waals surface area contributed by atoms with Gasteiger partial charge in [-0.05, 0) is 48.2 Å². The Morgan fingerprint density at radius 1 is 1.08 bits per heavy atom. The molecule has 1 fully saturated rings. The fraction of sp³-hybridized carbons (Fsp3) is 0.316. The monoisotopic (exact) mass is 376 g/mol. The Hall–Kier alpha value is -2.25. The molecule has 0 bridgehead atoms. The van der Waals surface area contributed by atoms with Crippen LogP contribution in [0.4, 0.5) is 4.39 Å². The predicted octanol–water partition coefficient (Wildman–Crippen LogP) is 2.29. The van der Waals surface area contributed by atoms with Crippen LogP contribution in [0.3, 0.4) is 0 Å². The zero-order valence-corrected chi connectivity index (χ0v) is 15.2. The minimum Gasteiger partial charge on any atom is -0.352 e. The fourth-order valence-electron chi connectivity index (χ4n) is 2.93. The molecule has 0 heterocycles. The molecule has 2 aromatic rings. The highest BCUT2D eigenvalue weighted by Gasteiger charge is 2.43. The highest BCUT2D eigenvalue weighted by Crippen LogP contribution is 2.47. The van der Waals surface area contributed by atoms with Crippen molar-refractivity contribution in [2.45, 2.75) is 24.6 Å². The van der Waals surface area contributed by atoms with Crippen molar-refractivity contribution in [2.75, 3.05) is 7.05 Å². The van der Waals surface area contributed by atoms with Gasteiger partial charge in [-0.1, -0.05) is 36.4 Å². The van der Waals surface area contributed by atoms with E-state index in [1.54, 1.807) is 24.3 Å². The maximum Gasteiger partial charge on any atom is 0.224 e. The summed E-state index contributed by atoms with van der Waals surface area (Å²) in [6, 6.07) is 13.4. The van der Waals surface area contributed by atoms with Gasteiger partial charge in [0.05, 0.1) is 5.75 Å². The van der Waals surface area contributed by atoms with E-state index >= 15 is 0 Å². The van der Waals surface area contributed by atoms with Crippen molar-refractivity contribution in [3.63, 3.8) is 0 Å². The number of amides is 1. The molecule has 0 saturated heterocycles. The average molecular weight is 376 g/mol. The number of nitrogens with one attached hydrogen (secondary N) is 2. The van der Waals surface area contributed by atoms with E-state index in [1.165, 1.54) is 19.2 Å². The third-order valence-electron chi connectivity index (χ3n) is 4.58. The zero-order chi connectivity index (χ0) is 18.7. The largest absolute Gasteiger partial charge is 0.352 e. The number of rotatable bonds is 7. The third kappa shape index (κ3) is 4.68. The van der Waals surface area contributed by atoms with Gasteiger partial charge < -0.3 is 5.32 Å². The molecule has 2 atom stereocenters. The summed E-state index contributed by atoms with van der Waals surface area (Å²) in [6.45, 7) is 0.393. The van der Waals surface area contributed by atoms with Crippen LogP contribution in [0.15, 0.2) is 48.5 Å². The Labute approximate surface area is 152 Å². The lowest BCUT2D eigenvalue weighted by Gasteiger charge is -2.07.